The fourth-order valence-corrected chi connectivity index (χ4v) is 17.1. The van der Waals surface area contributed by atoms with Crippen LogP contribution in [0.3, 0.4) is 0 Å². The fraction of sp³-hybridized carbons (Fsp3) is 0.450. The minimum absolute atomic E-state index is 0.251. The maximum atomic E-state index is 5.92. The summed E-state index contributed by atoms with van der Waals surface area (Å²) >= 11 is 3.96. The Bertz CT molecular complexity index is 3680. The lowest BCUT2D eigenvalue weighted by atomic mass is 9.76. The van der Waals surface area contributed by atoms with Gasteiger partial charge in [0.25, 0.3) is 0 Å². The predicted octanol–water partition coefficient (Wildman–Crippen LogP) is 25.0. The van der Waals surface area contributed by atoms with Gasteiger partial charge in [-0.05, 0) is 168 Å². The Morgan fingerprint density at radius 3 is 1.56 bits per heavy atom. The highest BCUT2D eigenvalue weighted by Gasteiger charge is 2.40. The Labute approximate surface area is 514 Å². The third kappa shape index (κ3) is 13.8. The molecule has 438 valence electrons. The smallest absolute Gasteiger partial charge is 0.160 e. The Morgan fingerprint density at radius 1 is 0.452 bits per heavy atom. The summed E-state index contributed by atoms with van der Waals surface area (Å²) in [4.78, 5) is 11.8. The van der Waals surface area contributed by atoms with Crippen molar-refractivity contribution >= 4 is 63.4 Å². The summed E-state index contributed by atoms with van der Waals surface area (Å²) in [6.45, 7) is 13.9. The predicted molar refractivity (Wildman–Crippen MR) is 370 cm³/mol. The van der Waals surface area contributed by atoms with E-state index in [-0.39, 0.29) is 5.92 Å². The van der Waals surface area contributed by atoms with E-state index in [1.54, 1.807) is 0 Å². The molecule has 0 radical (unpaired) electrons. The van der Waals surface area contributed by atoms with Crippen molar-refractivity contribution in [3.8, 4) is 33.6 Å². The van der Waals surface area contributed by atoms with Crippen LogP contribution in [0.2, 0.25) is 0 Å². The molecule has 0 fully saturated rings. The highest BCUT2D eigenvalue weighted by atomic mass is 32.1. The van der Waals surface area contributed by atoms with Gasteiger partial charge in [0.05, 0.1) is 20.8 Å². The summed E-state index contributed by atoms with van der Waals surface area (Å²) in [5.74, 6) is 1.45. The van der Waals surface area contributed by atoms with Crippen molar-refractivity contribution in [3.63, 3.8) is 0 Å². The molecule has 0 saturated carbocycles. The average molecular weight is 1150 g/mol. The standard InChI is InChI=1S/C80H96N2S2/c1-7-11-15-19-23-27-34-57-49-70(58(47-56(57)6)35-28-24-20-16-12-8-2)73-54-74(82-80(81-73)63-48-62-38-33-41-66-64-39-31-32-40-65(64)72(52-63)77(62)66)71-51-59(36-29-25-21-17-13-9-3)69(50-60(71)37-30-26-22-18-14-10-4)61-43-45-68-76(53-61)84-78-67-44-42-55(5)46-75(67)83-79(68)78/h31-33,38-54,72,77H,7-30,34-37H2,1-6H3. The summed E-state index contributed by atoms with van der Waals surface area (Å²) in [7, 11) is 0. The van der Waals surface area contributed by atoms with Crippen LogP contribution in [0.5, 0.6) is 0 Å². The van der Waals surface area contributed by atoms with Gasteiger partial charge in [-0.15, -0.1) is 22.7 Å². The van der Waals surface area contributed by atoms with Gasteiger partial charge in [0.2, 0.25) is 0 Å². The molecule has 3 aliphatic rings. The van der Waals surface area contributed by atoms with Crippen molar-refractivity contribution in [2.45, 2.75) is 227 Å². The van der Waals surface area contributed by atoms with E-state index in [0.29, 0.717) is 5.92 Å². The molecule has 0 N–H and O–H groups in total. The Hall–Kier alpha value is -5.68. The molecule has 4 heteroatoms. The first-order chi connectivity index (χ1) is 41.3. The molecule has 11 rings (SSSR count). The lowest BCUT2D eigenvalue weighted by molar-refractivity contribution is 0.605. The van der Waals surface area contributed by atoms with Crippen molar-refractivity contribution in [2.75, 3.05) is 0 Å². The topological polar surface area (TPSA) is 25.8 Å². The number of allylic oxidation sites excluding steroid dienone is 8. The molecule has 3 aliphatic carbocycles. The fourth-order valence-electron chi connectivity index (χ4n) is 14.3. The number of unbranched alkanes of at least 4 members (excludes halogenated alkanes) is 20. The number of nitrogens with zero attached hydrogens (tertiary/aromatic N) is 2. The first-order valence-corrected chi connectivity index (χ1v) is 35.4. The zero-order valence-corrected chi connectivity index (χ0v) is 53.8. The number of aromatic nitrogens is 2. The third-order valence-electron chi connectivity index (χ3n) is 19.1. The molecule has 5 aromatic carbocycles. The third-order valence-corrected chi connectivity index (χ3v) is 21.6. The molecule has 2 nitrogen and oxygen atoms in total. The number of fused-ring (bicyclic) bond motifs is 8. The molecule has 0 aliphatic heterocycles. The van der Waals surface area contributed by atoms with E-state index in [9.17, 15) is 0 Å². The Morgan fingerprint density at radius 2 is 0.952 bits per heavy atom. The summed E-state index contributed by atoms with van der Waals surface area (Å²) in [6.07, 6.45) is 47.2. The van der Waals surface area contributed by atoms with Crippen LogP contribution in [0.15, 0.2) is 127 Å². The van der Waals surface area contributed by atoms with Gasteiger partial charge in [0.1, 0.15) is 0 Å². The largest absolute Gasteiger partial charge is 0.228 e. The maximum absolute atomic E-state index is 5.92. The van der Waals surface area contributed by atoms with Gasteiger partial charge in [-0.1, -0.05) is 241 Å². The molecular weight excluding hydrogens is 1050 g/mol. The highest BCUT2D eigenvalue weighted by Crippen LogP contribution is 2.55. The monoisotopic (exact) mass is 1150 g/mol. The van der Waals surface area contributed by atoms with Crippen LogP contribution in [0.4, 0.5) is 0 Å². The molecule has 3 aromatic heterocycles. The Kier molecular flexibility index (Phi) is 20.8. The second kappa shape index (κ2) is 29.1. The summed E-state index contributed by atoms with van der Waals surface area (Å²) < 4.78 is 5.68. The summed E-state index contributed by atoms with van der Waals surface area (Å²) in [5.41, 5.74) is 23.0. The average Bonchev–Trinajstić information content (AvgIpc) is 1.88. The van der Waals surface area contributed by atoms with E-state index >= 15 is 0 Å². The minimum Gasteiger partial charge on any atom is -0.228 e. The second-order valence-electron chi connectivity index (χ2n) is 25.5. The van der Waals surface area contributed by atoms with Crippen molar-refractivity contribution in [2.24, 2.45) is 5.92 Å². The summed E-state index contributed by atoms with van der Waals surface area (Å²) in [6, 6.07) is 36.5. The zero-order chi connectivity index (χ0) is 57.8. The molecule has 0 saturated heterocycles. The zero-order valence-electron chi connectivity index (χ0n) is 52.2. The van der Waals surface area contributed by atoms with E-state index in [1.165, 1.54) is 262 Å². The molecule has 2 unspecified atom stereocenters. The van der Waals surface area contributed by atoms with Gasteiger partial charge in [-0.25, -0.2) is 9.97 Å². The molecular formula is C80H96N2S2. The normalized spacial score (nSPS) is 15.3. The Balaban J connectivity index is 1.08. The SMILES string of the molecule is CCCCCCCCc1cc(-c2cc(-c3cc(CCCCCCCC)c(-c4ccc5c(c4)sc4c6ccc(C)cc6sc54)cc3CCCCCCCC)nc(C3=CC4c5ccccc5C5=CC=CC(=C3)C54)n2)c(CCCCCCCC)cc1C. The van der Waals surface area contributed by atoms with Crippen molar-refractivity contribution in [1.82, 2.24) is 9.97 Å². The van der Waals surface area contributed by atoms with Crippen LogP contribution in [0, 0.1) is 19.8 Å². The molecule has 0 amide bonds. The number of aryl methyl sites for hydroxylation is 6. The molecule has 3 heterocycles. The number of benzene rings is 5. The van der Waals surface area contributed by atoms with Crippen LogP contribution >= 0.6 is 22.7 Å². The van der Waals surface area contributed by atoms with Gasteiger partial charge in [-0.3, -0.25) is 0 Å². The van der Waals surface area contributed by atoms with Crippen molar-refractivity contribution in [1.29, 1.82) is 0 Å². The quantitative estimate of drug-likeness (QED) is 0.0393. The lowest BCUT2D eigenvalue weighted by Gasteiger charge is -2.27. The van der Waals surface area contributed by atoms with Crippen LogP contribution in [0.1, 0.15) is 238 Å². The van der Waals surface area contributed by atoms with Gasteiger partial charge >= 0.3 is 0 Å². The van der Waals surface area contributed by atoms with Gasteiger partial charge < -0.3 is 0 Å². The molecule has 0 bridgehead atoms. The number of rotatable bonds is 32. The maximum Gasteiger partial charge on any atom is 0.160 e. The van der Waals surface area contributed by atoms with Gasteiger partial charge in [0, 0.05) is 48.7 Å². The van der Waals surface area contributed by atoms with Crippen molar-refractivity contribution < 1.29 is 0 Å². The molecule has 8 aromatic rings. The molecule has 2 atom stereocenters. The second-order valence-corrected chi connectivity index (χ2v) is 27.7. The van der Waals surface area contributed by atoms with Crippen LogP contribution in [-0.4, -0.2) is 9.97 Å². The van der Waals surface area contributed by atoms with Gasteiger partial charge in [0.15, 0.2) is 5.82 Å². The van der Waals surface area contributed by atoms with Crippen LogP contribution in [-0.2, 0) is 25.7 Å². The molecule has 0 spiro atoms. The highest BCUT2D eigenvalue weighted by molar-refractivity contribution is 7.36. The number of hydrogen-bond donors (Lipinski definition) is 0. The van der Waals surface area contributed by atoms with Crippen molar-refractivity contribution in [3.05, 3.63) is 177 Å². The van der Waals surface area contributed by atoms with E-state index in [4.69, 9.17) is 9.97 Å². The first-order valence-electron chi connectivity index (χ1n) is 33.8. The van der Waals surface area contributed by atoms with Crippen LogP contribution < -0.4 is 0 Å². The minimum atomic E-state index is 0.251. The number of thiophene rings is 2. The van der Waals surface area contributed by atoms with Gasteiger partial charge in [-0.2, -0.15) is 0 Å². The van der Waals surface area contributed by atoms with Crippen LogP contribution in [0.25, 0.3) is 74.4 Å². The lowest BCUT2D eigenvalue weighted by Crippen LogP contribution is -2.14. The number of hydrogen-bond acceptors (Lipinski definition) is 4. The summed E-state index contributed by atoms with van der Waals surface area (Å²) in [5, 5.41) is 2.80. The van der Waals surface area contributed by atoms with E-state index in [1.807, 2.05) is 22.7 Å². The van der Waals surface area contributed by atoms with E-state index < -0.39 is 0 Å². The van der Waals surface area contributed by atoms with E-state index in [2.05, 4.69) is 163 Å². The molecule has 84 heavy (non-hydrogen) atoms. The first kappa shape index (κ1) is 60.0. The van der Waals surface area contributed by atoms with E-state index in [0.717, 1.165) is 48.5 Å².